The molecule has 6 nitrogen and oxygen atoms in total. The maximum Gasteiger partial charge on any atom is 0.270 e. The van der Waals surface area contributed by atoms with E-state index in [4.69, 9.17) is 5.73 Å². The van der Waals surface area contributed by atoms with Gasteiger partial charge in [-0.05, 0) is 29.3 Å². The molecule has 0 radical (unpaired) electrons. The molecular weight excluding hydrogens is 376 g/mol. The van der Waals surface area contributed by atoms with Crippen LogP contribution in [0, 0.1) is 0 Å². The van der Waals surface area contributed by atoms with E-state index in [1.165, 1.54) is 0 Å². The Kier molecular flexibility index (Phi) is 5.39. The third-order valence-corrected chi connectivity index (χ3v) is 4.65. The molecule has 30 heavy (non-hydrogen) atoms. The third kappa shape index (κ3) is 4.12. The first-order chi connectivity index (χ1) is 14.6. The van der Waals surface area contributed by atoms with Crippen LogP contribution in [-0.4, -0.2) is 28.1 Å². The van der Waals surface area contributed by atoms with Gasteiger partial charge < -0.3 is 11.1 Å². The van der Waals surface area contributed by atoms with Gasteiger partial charge in [0.1, 0.15) is 5.69 Å². The molecule has 0 spiro atoms. The van der Waals surface area contributed by atoms with Gasteiger partial charge in [0, 0.05) is 5.56 Å². The first-order valence-corrected chi connectivity index (χ1v) is 9.49. The topological polar surface area (TPSA) is 90.0 Å². The molecular formula is C24H20N4O2. The monoisotopic (exact) mass is 396 g/mol. The van der Waals surface area contributed by atoms with Gasteiger partial charge in [0.25, 0.3) is 5.91 Å². The second-order valence-electron chi connectivity index (χ2n) is 6.75. The van der Waals surface area contributed by atoms with Crippen molar-refractivity contribution >= 4 is 11.8 Å². The molecule has 4 aromatic rings. The highest BCUT2D eigenvalue weighted by atomic mass is 16.2. The molecule has 3 aromatic carbocycles. The maximum atomic E-state index is 12.6. The molecule has 0 atom stereocenters. The SMILES string of the molecule is NC(=O)CNC(=O)c1cc(-c2ccc(-c3ccccc3)cc2)nn1-c1ccccc1. The number of rotatable bonds is 6. The number of benzene rings is 3. The number of nitrogens with one attached hydrogen (secondary N) is 1. The molecule has 4 rings (SSSR count). The molecule has 3 N–H and O–H groups in total. The largest absolute Gasteiger partial charge is 0.368 e. The van der Waals surface area contributed by atoms with Crippen molar-refractivity contribution in [3.8, 4) is 28.1 Å². The highest BCUT2D eigenvalue weighted by Crippen LogP contribution is 2.25. The van der Waals surface area contributed by atoms with E-state index in [1.807, 2.05) is 72.8 Å². The number of aromatic nitrogens is 2. The predicted octanol–water partition coefficient (Wildman–Crippen LogP) is 3.42. The van der Waals surface area contributed by atoms with Crippen LogP contribution < -0.4 is 11.1 Å². The van der Waals surface area contributed by atoms with Crippen molar-refractivity contribution in [1.82, 2.24) is 15.1 Å². The van der Waals surface area contributed by atoms with Gasteiger partial charge in [-0.1, -0.05) is 72.8 Å². The van der Waals surface area contributed by atoms with Crippen LogP contribution in [0.1, 0.15) is 10.5 Å². The van der Waals surface area contributed by atoms with Crippen LogP contribution >= 0.6 is 0 Å². The van der Waals surface area contributed by atoms with E-state index >= 15 is 0 Å². The van der Waals surface area contributed by atoms with Gasteiger partial charge >= 0.3 is 0 Å². The summed E-state index contributed by atoms with van der Waals surface area (Å²) in [5, 5.41) is 7.17. The van der Waals surface area contributed by atoms with Gasteiger partial charge in [0.15, 0.2) is 0 Å². The Hall–Kier alpha value is -4.19. The van der Waals surface area contributed by atoms with Crippen molar-refractivity contribution in [3.05, 3.63) is 96.7 Å². The summed E-state index contributed by atoms with van der Waals surface area (Å²) in [4.78, 5) is 23.7. The van der Waals surface area contributed by atoms with E-state index in [0.29, 0.717) is 11.4 Å². The Balaban J connectivity index is 1.70. The van der Waals surface area contributed by atoms with Gasteiger partial charge in [0.2, 0.25) is 5.91 Å². The molecule has 0 aliphatic carbocycles. The Morgan fingerprint density at radius 3 is 2.00 bits per heavy atom. The number of hydrogen-bond acceptors (Lipinski definition) is 3. The standard InChI is InChI=1S/C24H20N4O2/c25-23(29)16-26-24(30)22-15-21(27-28(22)20-9-5-2-6-10-20)19-13-11-18(12-14-19)17-7-3-1-4-8-17/h1-15H,16H2,(H2,25,29)(H,26,30). The van der Waals surface area contributed by atoms with Crippen LogP contribution in [0.2, 0.25) is 0 Å². The summed E-state index contributed by atoms with van der Waals surface area (Å²) in [6.45, 7) is -0.236. The number of amides is 2. The lowest BCUT2D eigenvalue weighted by atomic mass is 10.0. The minimum absolute atomic E-state index is 0.236. The average molecular weight is 396 g/mol. The molecule has 148 valence electrons. The third-order valence-electron chi connectivity index (χ3n) is 4.65. The van der Waals surface area contributed by atoms with E-state index in [9.17, 15) is 9.59 Å². The zero-order chi connectivity index (χ0) is 20.9. The lowest BCUT2D eigenvalue weighted by Gasteiger charge is -2.07. The Morgan fingerprint density at radius 1 is 0.800 bits per heavy atom. The normalized spacial score (nSPS) is 10.5. The number of para-hydroxylation sites is 1. The van der Waals surface area contributed by atoms with E-state index in [-0.39, 0.29) is 6.54 Å². The minimum atomic E-state index is -0.606. The van der Waals surface area contributed by atoms with Crippen molar-refractivity contribution in [2.75, 3.05) is 6.54 Å². The van der Waals surface area contributed by atoms with Gasteiger partial charge in [-0.25, -0.2) is 4.68 Å². The van der Waals surface area contributed by atoms with Crippen molar-refractivity contribution < 1.29 is 9.59 Å². The van der Waals surface area contributed by atoms with Crippen molar-refractivity contribution in [2.24, 2.45) is 5.73 Å². The van der Waals surface area contributed by atoms with Crippen LogP contribution in [0.3, 0.4) is 0 Å². The van der Waals surface area contributed by atoms with E-state index in [0.717, 1.165) is 22.4 Å². The van der Waals surface area contributed by atoms with Crippen molar-refractivity contribution in [2.45, 2.75) is 0 Å². The Morgan fingerprint density at radius 2 is 1.37 bits per heavy atom. The lowest BCUT2D eigenvalue weighted by Crippen LogP contribution is -2.34. The van der Waals surface area contributed by atoms with Crippen molar-refractivity contribution in [3.63, 3.8) is 0 Å². The summed E-state index contributed by atoms with van der Waals surface area (Å²) < 4.78 is 1.57. The van der Waals surface area contributed by atoms with Gasteiger partial charge in [-0.2, -0.15) is 5.10 Å². The number of nitrogens with zero attached hydrogens (tertiary/aromatic N) is 2. The van der Waals surface area contributed by atoms with Crippen LogP contribution in [0.25, 0.3) is 28.1 Å². The van der Waals surface area contributed by atoms with Gasteiger partial charge in [-0.15, -0.1) is 0 Å². The van der Waals surface area contributed by atoms with Crippen LogP contribution in [0.15, 0.2) is 91.0 Å². The molecule has 0 fully saturated rings. The molecule has 0 aliphatic heterocycles. The number of carbonyl (C=O) groups excluding carboxylic acids is 2. The Bertz CT molecular complexity index is 1170. The van der Waals surface area contributed by atoms with Crippen LogP contribution in [-0.2, 0) is 4.79 Å². The highest BCUT2D eigenvalue weighted by Gasteiger charge is 2.18. The van der Waals surface area contributed by atoms with Crippen LogP contribution in [0.5, 0.6) is 0 Å². The number of primary amides is 1. The minimum Gasteiger partial charge on any atom is -0.368 e. The smallest absolute Gasteiger partial charge is 0.270 e. The molecule has 1 aromatic heterocycles. The first kappa shape index (κ1) is 19.1. The van der Waals surface area contributed by atoms with E-state index < -0.39 is 11.8 Å². The second-order valence-corrected chi connectivity index (χ2v) is 6.75. The molecule has 0 bridgehead atoms. The maximum absolute atomic E-state index is 12.6. The van der Waals surface area contributed by atoms with Crippen molar-refractivity contribution in [1.29, 1.82) is 0 Å². The van der Waals surface area contributed by atoms with E-state index in [2.05, 4.69) is 22.5 Å². The molecule has 2 amide bonds. The lowest BCUT2D eigenvalue weighted by molar-refractivity contribution is -0.117. The fourth-order valence-corrected chi connectivity index (χ4v) is 3.17. The summed E-state index contributed by atoms with van der Waals surface area (Å²) >= 11 is 0. The van der Waals surface area contributed by atoms with Gasteiger partial charge in [0.05, 0.1) is 17.9 Å². The summed E-state index contributed by atoms with van der Waals surface area (Å²) in [5.74, 6) is -1.02. The molecule has 0 saturated carbocycles. The zero-order valence-corrected chi connectivity index (χ0v) is 16.2. The Labute approximate surface area is 174 Å². The molecule has 6 heteroatoms. The summed E-state index contributed by atoms with van der Waals surface area (Å²) in [7, 11) is 0. The number of carbonyl (C=O) groups is 2. The second kappa shape index (κ2) is 8.45. The summed E-state index contributed by atoms with van der Waals surface area (Å²) in [5.41, 5.74) is 9.98. The van der Waals surface area contributed by atoms with Gasteiger partial charge in [-0.3, -0.25) is 9.59 Å². The molecule has 0 saturated heterocycles. The number of hydrogen-bond donors (Lipinski definition) is 2. The fraction of sp³-hybridized carbons (Fsp3) is 0.0417. The zero-order valence-electron chi connectivity index (χ0n) is 16.2. The number of nitrogens with two attached hydrogens (primary N) is 1. The molecule has 0 unspecified atom stereocenters. The predicted molar refractivity (Wildman–Crippen MR) is 116 cm³/mol. The fourth-order valence-electron chi connectivity index (χ4n) is 3.17. The first-order valence-electron chi connectivity index (χ1n) is 9.49. The molecule has 0 aliphatic rings. The molecule has 1 heterocycles. The highest BCUT2D eigenvalue weighted by molar-refractivity contribution is 5.96. The quantitative estimate of drug-likeness (QED) is 0.523. The van der Waals surface area contributed by atoms with Crippen LogP contribution in [0.4, 0.5) is 0 Å². The average Bonchev–Trinajstić information content (AvgIpc) is 3.24. The van der Waals surface area contributed by atoms with E-state index in [1.54, 1.807) is 10.7 Å². The summed E-state index contributed by atoms with van der Waals surface area (Å²) in [6.07, 6.45) is 0. The summed E-state index contributed by atoms with van der Waals surface area (Å²) in [6, 6.07) is 29.2.